The van der Waals surface area contributed by atoms with Crippen LogP contribution in [0.25, 0.3) is 11.3 Å². The van der Waals surface area contributed by atoms with Crippen LogP contribution in [0, 0.1) is 0 Å². The number of ether oxygens (including phenoxy) is 2. The Morgan fingerprint density at radius 1 is 1.11 bits per heavy atom. The summed E-state index contributed by atoms with van der Waals surface area (Å²) >= 11 is 0. The molecule has 9 heteroatoms. The summed E-state index contributed by atoms with van der Waals surface area (Å²) in [4.78, 5) is 36.9. The largest absolute Gasteiger partial charge is 0.492 e. The van der Waals surface area contributed by atoms with Crippen molar-refractivity contribution < 1.29 is 19.1 Å². The summed E-state index contributed by atoms with van der Waals surface area (Å²) in [5.41, 5.74) is 6.99. The first-order valence-corrected chi connectivity index (χ1v) is 11.9. The summed E-state index contributed by atoms with van der Waals surface area (Å²) in [6, 6.07) is 9.73. The Morgan fingerprint density at radius 3 is 2.54 bits per heavy atom. The van der Waals surface area contributed by atoms with Gasteiger partial charge in [-0.3, -0.25) is 24.5 Å². The molecule has 0 bridgehead atoms. The topological polar surface area (TPSA) is 120 Å². The van der Waals surface area contributed by atoms with E-state index in [1.165, 1.54) is 0 Å². The number of nitrogens with two attached hydrogens (primary N) is 1. The van der Waals surface area contributed by atoms with Gasteiger partial charge in [0.25, 0.3) is 0 Å². The maximum atomic E-state index is 13.3. The van der Waals surface area contributed by atoms with Crippen molar-refractivity contribution in [2.24, 2.45) is 5.73 Å². The lowest BCUT2D eigenvalue weighted by atomic mass is 9.81. The second-order valence-electron chi connectivity index (χ2n) is 9.08. The number of benzene rings is 1. The lowest BCUT2D eigenvalue weighted by Crippen LogP contribution is -2.54. The van der Waals surface area contributed by atoms with Crippen LogP contribution in [0.2, 0.25) is 0 Å². The van der Waals surface area contributed by atoms with E-state index < -0.39 is 11.4 Å². The van der Waals surface area contributed by atoms with Crippen molar-refractivity contribution in [1.82, 2.24) is 20.2 Å². The molecule has 1 saturated heterocycles. The van der Waals surface area contributed by atoms with Gasteiger partial charge in [-0.15, -0.1) is 0 Å². The van der Waals surface area contributed by atoms with Gasteiger partial charge in [-0.1, -0.05) is 36.4 Å². The van der Waals surface area contributed by atoms with Gasteiger partial charge in [0, 0.05) is 30.6 Å². The van der Waals surface area contributed by atoms with Crippen molar-refractivity contribution in [1.29, 1.82) is 0 Å². The van der Waals surface area contributed by atoms with Crippen LogP contribution in [0.1, 0.15) is 25.0 Å². The maximum Gasteiger partial charge on any atom is 0.244 e. The lowest BCUT2D eigenvalue weighted by molar-refractivity contribution is -0.126. The number of primary amides is 1. The van der Waals surface area contributed by atoms with Crippen LogP contribution in [0.5, 0.6) is 0 Å². The molecule has 2 fully saturated rings. The minimum Gasteiger partial charge on any atom is -0.492 e. The molecule has 9 nitrogen and oxygen atoms in total. The Kier molecular flexibility index (Phi) is 6.61. The minimum absolute atomic E-state index is 0.0804. The smallest absolute Gasteiger partial charge is 0.244 e. The minimum atomic E-state index is -1.19. The van der Waals surface area contributed by atoms with Gasteiger partial charge in [0.1, 0.15) is 11.3 Å². The van der Waals surface area contributed by atoms with Crippen molar-refractivity contribution in [2.45, 2.75) is 30.9 Å². The number of rotatable bonds is 8. The van der Waals surface area contributed by atoms with Crippen LogP contribution in [0.3, 0.4) is 0 Å². The molecule has 3 N–H and O–H groups in total. The van der Waals surface area contributed by atoms with E-state index in [4.69, 9.17) is 20.2 Å². The highest BCUT2D eigenvalue weighted by Crippen LogP contribution is 2.41. The molecule has 1 atom stereocenters. The molecule has 2 amide bonds. The van der Waals surface area contributed by atoms with Gasteiger partial charge in [-0.25, -0.2) is 0 Å². The molecule has 1 aromatic carbocycles. The van der Waals surface area contributed by atoms with Gasteiger partial charge in [-0.2, -0.15) is 0 Å². The molecule has 5 rings (SSSR count). The first-order valence-electron chi connectivity index (χ1n) is 11.9. The third-order valence-electron chi connectivity index (χ3n) is 6.43. The third kappa shape index (κ3) is 5.26. The van der Waals surface area contributed by atoms with E-state index in [1.807, 2.05) is 35.2 Å². The molecule has 2 heterocycles. The van der Waals surface area contributed by atoms with Gasteiger partial charge in [0.05, 0.1) is 49.6 Å². The zero-order chi connectivity index (χ0) is 24.3. The fraction of sp³-hybridized carbons (Fsp3) is 0.385. The summed E-state index contributed by atoms with van der Waals surface area (Å²) < 4.78 is 11.7. The van der Waals surface area contributed by atoms with Crippen LogP contribution >= 0.6 is 0 Å². The van der Waals surface area contributed by atoms with E-state index in [0.717, 1.165) is 18.4 Å². The van der Waals surface area contributed by atoms with Crippen LogP contribution in [0.15, 0.2) is 66.2 Å². The standard InChI is InChI=1S/C26H29N5O4/c27-25(33)19-6-9-23(35-20-7-8-20)26(14-19,30-24(32)17-31-10-12-34-13-11-31)22-16-28-21(15-29-22)18-4-2-1-3-5-18/h1-6,9,15-16,20H,7-8,10-14,17H2,(H2,27,33)(H,30,32). The van der Waals surface area contributed by atoms with E-state index >= 15 is 0 Å². The number of morpholine rings is 1. The van der Waals surface area contributed by atoms with Gasteiger partial charge in [-0.05, 0) is 18.9 Å². The Bertz CT molecular complexity index is 1140. The molecule has 182 valence electrons. The lowest BCUT2D eigenvalue weighted by Gasteiger charge is -2.38. The number of hydrogen-bond donors (Lipinski definition) is 2. The maximum absolute atomic E-state index is 13.3. The van der Waals surface area contributed by atoms with Crippen LogP contribution < -0.4 is 11.1 Å². The average Bonchev–Trinajstić information content (AvgIpc) is 3.70. The first kappa shape index (κ1) is 23.2. The number of nitrogens with zero attached hydrogens (tertiary/aromatic N) is 3. The zero-order valence-electron chi connectivity index (χ0n) is 19.5. The normalized spacial score (nSPS) is 22.6. The molecule has 1 unspecified atom stereocenters. The molecular formula is C26H29N5O4. The highest BCUT2D eigenvalue weighted by atomic mass is 16.5. The molecule has 1 saturated carbocycles. The Balaban J connectivity index is 1.50. The van der Waals surface area contributed by atoms with Crippen molar-refractivity contribution in [3.63, 3.8) is 0 Å². The zero-order valence-corrected chi connectivity index (χ0v) is 19.5. The number of carbonyl (C=O) groups excluding carboxylic acids is 2. The molecular weight excluding hydrogens is 446 g/mol. The number of allylic oxidation sites excluding steroid dienone is 2. The molecule has 35 heavy (non-hydrogen) atoms. The van der Waals surface area contributed by atoms with Crippen molar-refractivity contribution in [3.05, 3.63) is 71.9 Å². The number of nitrogens with one attached hydrogen (secondary N) is 1. The van der Waals surface area contributed by atoms with Crippen LogP contribution in [-0.2, 0) is 24.6 Å². The summed E-state index contributed by atoms with van der Waals surface area (Å²) in [6.45, 7) is 2.75. The molecule has 1 aliphatic heterocycles. The second kappa shape index (κ2) is 9.97. The van der Waals surface area contributed by atoms with Gasteiger partial charge in [0.15, 0.2) is 0 Å². The van der Waals surface area contributed by atoms with E-state index in [0.29, 0.717) is 49.0 Å². The molecule has 2 aromatic rings. The summed E-state index contributed by atoms with van der Waals surface area (Å²) in [6.07, 6.45) is 8.82. The molecule has 0 spiro atoms. The second-order valence-corrected chi connectivity index (χ2v) is 9.08. The number of carbonyl (C=O) groups is 2. The SMILES string of the molecule is NC(=O)C1=CC=C(OC2CC2)C(NC(=O)CN2CCOCC2)(c2cnc(-c3ccccc3)cn2)C1. The third-order valence-corrected chi connectivity index (χ3v) is 6.43. The van der Waals surface area contributed by atoms with Crippen molar-refractivity contribution in [2.75, 3.05) is 32.8 Å². The average molecular weight is 476 g/mol. The van der Waals surface area contributed by atoms with E-state index in [2.05, 4.69) is 10.3 Å². The highest BCUT2D eigenvalue weighted by molar-refractivity contribution is 5.93. The molecule has 1 aromatic heterocycles. The van der Waals surface area contributed by atoms with E-state index in [1.54, 1.807) is 24.5 Å². The predicted octanol–water partition coefficient (Wildman–Crippen LogP) is 1.67. The van der Waals surface area contributed by atoms with Crippen molar-refractivity contribution in [3.8, 4) is 11.3 Å². The fourth-order valence-corrected chi connectivity index (χ4v) is 4.36. The summed E-state index contributed by atoms with van der Waals surface area (Å²) in [5.74, 6) is -0.202. The number of hydrogen-bond acceptors (Lipinski definition) is 7. The Morgan fingerprint density at radius 2 is 1.89 bits per heavy atom. The quantitative estimate of drug-likeness (QED) is 0.596. The molecule has 2 aliphatic carbocycles. The van der Waals surface area contributed by atoms with E-state index in [9.17, 15) is 9.59 Å². The monoisotopic (exact) mass is 475 g/mol. The van der Waals surface area contributed by atoms with Gasteiger partial charge < -0.3 is 20.5 Å². The van der Waals surface area contributed by atoms with Crippen LogP contribution in [0.4, 0.5) is 0 Å². The van der Waals surface area contributed by atoms with E-state index in [-0.39, 0.29) is 25.0 Å². The first-order chi connectivity index (χ1) is 17.0. The van der Waals surface area contributed by atoms with Crippen molar-refractivity contribution >= 4 is 11.8 Å². The fourth-order valence-electron chi connectivity index (χ4n) is 4.36. The van der Waals surface area contributed by atoms with Crippen LogP contribution in [-0.4, -0.2) is 65.6 Å². The summed E-state index contributed by atoms with van der Waals surface area (Å²) in [7, 11) is 0. The predicted molar refractivity (Wildman–Crippen MR) is 129 cm³/mol. The Hall–Kier alpha value is -3.56. The number of aromatic nitrogens is 2. The summed E-state index contributed by atoms with van der Waals surface area (Å²) in [5, 5.41) is 3.16. The van der Waals surface area contributed by atoms with Gasteiger partial charge >= 0.3 is 0 Å². The number of amides is 2. The van der Waals surface area contributed by atoms with Gasteiger partial charge in [0.2, 0.25) is 11.8 Å². The highest BCUT2D eigenvalue weighted by Gasteiger charge is 2.46. The Labute approximate surface area is 204 Å². The molecule has 0 radical (unpaired) electrons. The molecule has 3 aliphatic rings.